The van der Waals surface area contributed by atoms with Crippen LogP contribution < -0.4 is 15.0 Å². The Morgan fingerprint density at radius 2 is 1.80 bits per heavy atom. The molecular formula is C38H36Cl2FN3O5. The number of fused-ring (bicyclic) bond motifs is 2. The molecule has 0 radical (unpaired) electrons. The lowest BCUT2D eigenvalue weighted by molar-refractivity contribution is -0.128. The van der Waals surface area contributed by atoms with Gasteiger partial charge >= 0.3 is 5.97 Å². The number of nitrogens with zero attached hydrogens (tertiary/aromatic N) is 2. The molecule has 4 aromatic rings. The molecule has 2 aliphatic rings. The molecule has 0 aliphatic carbocycles. The lowest BCUT2D eigenvalue weighted by Gasteiger charge is -2.40. The zero-order valence-electron chi connectivity index (χ0n) is 27.3. The van der Waals surface area contributed by atoms with Crippen LogP contribution in [0.1, 0.15) is 59.7 Å². The summed E-state index contributed by atoms with van der Waals surface area (Å²) < 4.78 is 26.6. The molecule has 2 amide bonds. The second-order valence-electron chi connectivity index (χ2n) is 12.2. The molecule has 0 aromatic heterocycles. The van der Waals surface area contributed by atoms with Crippen LogP contribution >= 0.6 is 23.2 Å². The number of amides is 2. The highest BCUT2D eigenvalue weighted by Gasteiger charge is 2.63. The number of benzene rings is 4. The number of carbonyl (C=O) groups is 3. The van der Waals surface area contributed by atoms with Crippen LogP contribution in [-0.2, 0) is 26.4 Å². The van der Waals surface area contributed by atoms with E-state index in [4.69, 9.17) is 32.7 Å². The highest BCUT2D eigenvalue weighted by atomic mass is 35.5. The van der Waals surface area contributed by atoms with Crippen molar-refractivity contribution in [1.82, 2.24) is 4.90 Å². The van der Waals surface area contributed by atoms with Gasteiger partial charge in [-0.2, -0.15) is 0 Å². The molecule has 8 nitrogen and oxygen atoms in total. The van der Waals surface area contributed by atoms with Gasteiger partial charge in [-0.25, -0.2) is 9.18 Å². The van der Waals surface area contributed by atoms with Gasteiger partial charge in [-0.3, -0.25) is 14.5 Å². The minimum atomic E-state index is -1.33. The molecule has 4 aromatic carbocycles. The first kappa shape index (κ1) is 34.4. The minimum Gasteiger partial charge on any atom is -0.494 e. The van der Waals surface area contributed by atoms with Crippen LogP contribution in [-0.4, -0.2) is 49.0 Å². The van der Waals surface area contributed by atoms with Crippen LogP contribution in [0.5, 0.6) is 5.75 Å². The summed E-state index contributed by atoms with van der Waals surface area (Å²) in [6.07, 6.45) is 0.838. The molecular weight excluding hydrogens is 668 g/mol. The molecule has 1 saturated heterocycles. The molecule has 2 heterocycles. The standard InChI is InChI=1S/C38H36Cl2FN3O5/c1-4-49-29-8-5-7-24(19-29)22-44-28(17-18-43(23(2)45)27-14-11-25(12-15-27)36(46)48-3)21-32(30-9-6-10-33(40)35(30)41)38(44)31-16-13-26(39)20-34(31)42-37(38)47/h5-16,19-20,28,32H,4,17-18,21-22H2,1-3H3,(H,42,47)/t28-,32+,38+/m0/s1. The molecule has 2 aliphatic heterocycles. The Bertz CT molecular complexity index is 1900. The van der Waals surface area contributed by atoms with Gasteiger partial charge in [0.25, 0.3) is 0 Å². The highest BCUT2D eigenvalue weighted by Crippen LogP contribution is 2.58. The van der Waals surface area contributed by atoms with Crippen molar-refractivity contribution >= 4 is 52.4 Å². The Hall–Kier alpha value is -4.44. The third-order valence-corrected chi connectivity index (χ3v) is 10.0. The van der Waals surface area contributed by atoms with Crippen molar-refractivity contribution in [3.8, 4) is 5.75 Å². The molecule has 49 heavy (non-hydrogen) atoms. The summed E-state index contributed by atoms with van der Waals surface area (Å²) in [7, 11) is 1.31. The van der Waals surface area contributed by atoms with Crippen LogP contribution in [0.4, 0.5) is 15.8 Å². The van der Waals surface area contributed by atoms with Crippen LogP contribution in [0.3, 0.4) is 0 Å². The van der Waals surface area contributed by atoms with Crippen LogP contribution in [0.25, 0.3) is 0 Å². The number of anilines is 2. The maximum Gasteiger partial charge on any atom is 0.337 e. The number of hydrogen-bond donors (Lipinski definition) is 1. The number of rotatable bonds is 10. The summed E-state index contributed by atoms with van der Waals surface area (Å²) in [4.78, 5) is 43.4. The van der Waals surface area contributed by atoms with E-state index in [9.17, 15) is 14.4 Å². The maximum absolute atomic E-state index is 16.0. The van der Waals surface area contributed by atoms with Crippen molar-refractivity contribution in [3.63, 3.8) is 0 Å². The van der Waals surface area contributed by atoms with Gasteiger partial charge in [0.05, 0.1) is 24.3 Å². The molecule has 11 heteroatoms. The van der Waals surface area contributed by atoms with E-state index in [0.29, 0.717) is 71.4 Å². The van der Waals surface area contributed by atoms with Gasteiger partial charge in [-0.15, -0.1) is 0 Å². The number of hydrogen-bond acceptors (Lipinski definition) is 6. The molecule has 254 valence electrons. The zero-order chi connectivity index (χ0) is 34.9. The van der Waals surface area contributed by atoms with E-state index in [1.165, 1.54) is 20.1 Å². The third kappa shape index (κ3) is 6.38. The average molecular weight is 705 g/mol. The fourth-order valence-electron chi connectivity index (χ4n) is 7.39. The number of carbonyl (C=O) groups excluding carboxylic acids is 3. The van der Waals surface area contributed by atoms with Gasteiger partial charge in [-0.05, 0) is 85.5 Å². The lowest BCUT2D eigenvalue weighted by atomic mass is 9.75. The Morgan fingerprint density at radius 3 is 2.51 bits per heavy atom. The minimum absolute atomic E-state index is 0.0278. The van der Waals surface area contributed by atoms with E-state index in [1.807, 2.05) is 37.3 Å². The van der Waals surface area contributed by atoms with Gasteiger partial charge in [0, 0.05) is 53.9 Å². The van der Waals surface area contributed by atoms with Crippen molar-refractivity contribution in [2.75, 3.05) is 30.5 Å². The fraction of sp³-hybridized carbons (Fsp3) is 0.289. The fourth-order valence-corrected chi connectivity index (χ4v) is 7.74. The van der Waals surface area contributed by atoms with Crippen molar-refractivity contribution < 1.29 is 28.2 Å². The molecule has 0 unspecified atom stereocenters. The first-order valence-corrected chi connectivity index (χ1v) is 16.8. The average Bonchev–Trinajstić information content (AvgIpc) is 3.55. The maximum atomic E-state index is 16.0. The summed E-state index contributed by atoms with van der Waals surface area (Å²) in [5, 5.41) is 3.49. The second kappa shape index (κ2) is 14.2. The van der Waals surface area contributed by atoms with E-state index in [1.54, 1.807) is 53.4 Å². The van der Waals surface area contributed by atoms with Gasteiger partial charge in [0.2, 0.25) is 11.8 Å². The Kier molecular flexibility index (Phi) is 9.97. The second-order valence-corrected chi connectivity index (χ2v) is 13.0. The molecule has 0 saturated carbocycles. The predicted octanol–water partition coefficient (Wildman–Crippen LogP) is 7.97. The van der Waals surface area contributed by atoms with Crippen LogP contribution in [0.2, 0.25) is 10.0 Å². The number of halogens is 3. The summed E-state index contributed by atoms with van der Waals surface area (Å²) in [6, 6.07) is 24.2. The van der Waals surface area contributed by atoms with Gasteiger partial charge < -0.3 is 19.7 Å². The van der Waals surface area contributed by atoms with Gasteiger partial charge in [-0.1, -0.05) is 53.5 Å². The largest absolute Gasteiger partial charge is 0.494 e. The number of nitrogens with one attached hydrogen (secondary N) is 1. The molecule has 1 fully saturated rings. The van der Waals surface area contributed by atoms with E-state index in [-0.39, 0.29) is 22.9 Å². The summed E-state index contributed by atoms with van der Waals surface area (Å²) >= 11 is 12.7. The predicted molar refractivity (Wildman–Crippen MR) is 188 cm³/mol. The Morgan fingerprint density at radius 1 is 1.04 bits per heavy atom. The van der Waals surface area contributed by atoms with E-state index < -0.39 is 23.2 Å². The SMILES string of the molecule is CCOc1cccc(CN2[C@@H](CCN(C(C)=O)c3ccc(C(=O)OC)cc3)C[C@H](c3cccc(Cl)c3F)[C@]23C(=O)Nc2cc(Cl)ccc23)c1. The van der Waals surface area contributed by atoms with Crippen LogP contribution in [0.15, 0.2) is 84.9 Å². The van der Waals surface area contributed by atoms with E-state index >= 15 is 4.39 Å². The summed E-state index contributed by atoms with van der Waals surface area (Å²) in [5.41, 5.74) is 2.14. The normalized spacial score (nSPS) is 19.8. The number of methoxy groups -OCH3 is 1. The topological polar surface area (TPSA) is 88.2 Å². The highest BCUT2D eigenvalue weighted by molar-refractivity contribution is 6.31. The number of likely N-dealkylation sites (tertiary alicyclic amines) is 1. The number of esters is 1. The monoisotopic (exact) mass is 703 g/mol. The molecule has 1 spiro atoms. The Balaban J connectivity index is 1.46. The van der Waals surface area contributed by atoms with Gasteiger partial charge in [0.15, 0.2) is 0 Å². The zero-order valence-corrected chi connectivity index (χ0v) is 28.9. The molecule has 1 N–H and O–H groups in total. The molecule has 3 atom stereocenters. The van der Waals surface area contributed by atoms with E-state index in [0.717, 1.165) is 5.56 Å². The first-order valence-electron chi connectivity index (χ1n) is 16.1. The van der Waals surface area contributed by atoms with Crippen molar-refractivity contribution in [2.24, 2.45) is 0 Å². The van der Waals surface area contributed by atoms with Gasteiger partial charge in [0.1, 0.15) is 17.1 Å². The van der Waals surface area contributed by atoms with E-state index in [2.05, 4.69) is 10.2 Å². The van der Waals surface area contributed by atoms with Crippen molar-refractivity contribution in [2.45, 2.75) is 50.7 Å². The Labute approximate surface area is 294 Å². The smallest absolute Gasteiger partial charge is 0.337 e. The van der Waals surface area contributed by atoms with Crippen molar-refractivity contribution in [3.05, 3.63) is 123 Å². The molecule has 6 rings (SSSR count). The van der Waals surface area contributed by atoms with Crippen LogP contribution in [0, 0.1) is 5.82 Å². The molecule has 0 bridgehead atoms. The van der Waals surface area contributed by atoms with Crippen molar-refractivity contribution in [1.29, 1.82) is 0 Å². The quantitative estimate of drug-likeness (QED) is 0.169. The summed E-state index contributed by atoms with van der Waals surface area (Å²) in [5.74, 6) is -1.47. The lowest BCUT2D eigenvalue weighted by Crippen LogP contribution is -2.52. The first-order chi connectivity index (χ1) is 23.6. The number of ether oxygens (including phenoxy) is 2. The summed E-state index contributed by atoms with van der Waals surface area (Å²) in [6.45, 7) is 4.51. The third-order valence-electron chi connectivity index (χ3n) is 9.48.